The molecule has 3 amide bonds. The molecule has 12 nitrogen and oxygen atoms in total. The van der Waals surface area contributed by atoms with Gasteiger partial charge in [-0.25, -0.2) is 0 Å². The Morgan fingerprint density at radius 3 is 2.02 bits per heavy atom. The van der Waals surface area contributed by atoms with Crippen molar-refractivity contribution in [2.24, 2.45) is 0 Å². The van der Waals surface area contributed by atoms with E-state index < -0.39 is 5.41 Å². The summed E-state index contributed by atoms with van der Waals surface area (Å²) in [6, 6.07) is 16.2. The summed E-state index contributed by atoms with van der Waals surface area (Å²) in [4.78, 5) is 42.9. The number of likely N-dealkylation sites (tertiary alicyclic amines) is 1. The lowest BCUT2D eigenvalue weighted by atomic mass is 9.69. The molecule has 0 bridgehead atoms. The fourth-order valence-corrected chi connectivity index (χ4v) is 5.50. The van der Waals surface area contributed by atoms with E-state index in [1.165, 1.54) is 9.80 Å². The van der Waals surface area contributed by atoms with Crippen LogP contribution in [-0.2, 0) is 10.2 Å². The molecule has 2 heterocycles. The average Bonchev–Trinajstić information content (AvgIpc) is 3.71. The van der Waals surface area contributed by atoms with Crippen LogP contribution < -0.4 is 5.32 Å². The van der Waals surface area contributed by atoms with Crippen LogP contribution >= 0.6 is 0 Å². The minimum absolute atomic E-state index is 0.0776. The van der Waals surface area contributed by atoms with E-state index in [0.29, 0.717) is 36.3 Å². The Bertz CT molecular complexity index is 1360. The maximum atomic E-state index is 13.0. The molecule has 2 atom stereocenters. The number of hydrogen-bond donors (Lipinski definition) is 2. The van der Waals surface area contributed by atoms with Gasteiger partial charge < -0.3 is 20.0 Å². The van der Waals surface area contributed by atoms with Gasteiger partial charge in [0.25, 0.3) is 11.8 Å². The second-order valence-electron chi connectivity index (χ2n) is 11.1. The molecule has 1 aromatic heterocycles. The van der Waals surface area contributed by atoms with Crippen LogP contribution in [0.1, 0.15) is 63.9 Å². The summed E-state index contributed by atoms with van der Waals surface area (Å²) in [6.07, 6.45) is 1.93. The zero-order valence-corrected chi connectivity index (χ0v) is 24.7. The molecule has 220 valence electrons. The van der Waals surface area contributed by atoms with Crippen molar-refractivity contribution in [3.63, 3.8) is 0 Å². The van der Waals surface area contributed by atoms with E-state index in [1.54, 1.807) is 57.4 Å². The number of hydrogen-bond acceptors (Lipinski definition) is 8. The van der Waals surface area contributed by atoms with Crippen LogP contribution in [0.2, 0.25) is 0 Å². The standard InChI is InChI=1S/C30H37N9O3/c1-20(32-19-26(40)39-16-6-7-25(39)18-31)17-30(29-33-35-36-34-29,23-12-8-21(9-13-23)27(41)37(2)3)24-14-10-22(11-15-24)28(42)38(4)5/h8-15,20,25,32H,6-7,16-17,19H2,1-5H3,(H,33,34,35,36)/t20-,25-/m0/s1. The molecule has 0 spiro atoms. The molecule has 0 saturated carbocycles. The van der Waals surface area contributed by atoms with Crippen molar-refractivity contribution in [1.29, 1.82) is 5.26 Å². The van der Waals surface area contributed by atoms with Crippen molar-refractivity contribution in [2.75, 3.05) is 41.3 Å². The minimum Gasteiger partial charge on any atom is -0.345 e. The van der Waals surface area contributed by atoms with E-state index in [9.17, 15) is 19.6 Å². The van der Waals surface area contributed by atoms with Crippen LogP contribution in [0.4, 0.5) is 0 Å². The number of amides is 3. The van der Waals surface area contributed by atoms with Gasteiger partial charge in [-0.05, 0) is 61.6 Å². The predicted octanol–water partition coefficient (Wildman–Crippen LogP) is 1.82. The minimum atomic E-state index is -0.954. The molecule has 1 aliphatic heterocycles. The van der Waals surface area contributed by atoms with E-state index >= 15 is 0 Å². The number of aromatic nitrogens is 4. The van der Waals surface area contributed by atoms with Crippen molar-refractivity contribution in [1.82, 2.24) is 40.6 Å². The van der Waals surface area contributed by atoms with Gasteiger partial charge in [-0.2, -0.15) is 10.5 Å². The van der Waals surface area contributed by atoms with E-state index in [-0.39, 0.29) is 36.3 Å². The Morgan fingerprint density at radius 1 is 1.02 bits per heavy atom. The monoisotopic (exact) mass is 571 g/mol. The Kier molecular flexibility index (Phi) is 9.32. The molecule has 3 aromatic rings. The maximum absolute atomic E-state index is 13.0. The lowest BCUT2D eigenvalue weighted by Crippen LogP contribution is -2.45. The lowest BCUT2D eigenvalue weighted by molar-refractivity contribution is -0.130. The van der Waals surface area contributed by atoms with Gasteiger partial charge in [0.1, 0.15) is 6.04 Å². The summed E-state index contributed by atoms with van der Waals surface area (Å²) >= 11 is 0. The maximum Gasteiger partial charge on any atom is 0.253 e. The molecule has 42 heavy (non-hydrogen) atoms. The molecule has 2 aromatic carbocycles. The van der Waals surface area contributed by atoms with Crippen LogP contribution in [0.5, 0.6) is 0 Å². The number of H-pyrrole nitrogens is 1. The van der Waals surface area contributed by atoms with Gasteiger partial charge in [0.2, 0.25) is 5.91 Å². The van der Waals surface area contributed by atoms with Crippen LogP contribution in [-0.4, -0.2) is 106 Å². The van der Waals surface area contributed by atoms with E-state index in [2.05, 4.69) is 32.0 Å². The molecule has 12 heteroatoms. The molecule has 2 N–H and O–H groups in total. The Labute approximate surface area is 245 Å². The van der Waals surface area contributed by atoms with Gasteiger partial charge >= 0.3 is 0 Å². The topological polar surface area (TPSA) is 151 Å². The quantitative estimate of drug-likeness (QED) is 0.374. The van der Waals surface area contributed by atoms with Crippen LogP contribution in [0.3, 0.4) is 0 Å². The Balaban J connectivity index is 1.73. The van der Waals surface area contributed by atoms with Gasteiger partial charge in [0.15, 0.2) is 5.82 Å². The number of tetrazole rings is 1. The third-order valence-electron chi connectivity index (χ3n) is 7.73. The molecule has 1 saturated heterocycles. The number of aromatic amines is 1. The average molecular weight is 572 g/mol. The van der Waals surface area contributed by atoms with Crippen LogP contribution in [0.25, 0.3) is 0 Å². The highest BCUT2D eigenvalue weighted by molar-refractivity contribution is 5.94. The molecular formula is C30H37N9O3. The number of benzene rings is 2. The van der Waals surface area contributed by atoms with Gasteiger partial charge in [0.05, 0.1) is 18.0 Å². The normalized spacial score (nSPS) is 15.6. The number of nitrogens with zero attached hydrogens (tertiary/aromatic N) is 7. The number of carbonyl (C=O) groups excluding carboxylic acids is 3. The number of rotatable bonds is 10. The molecule has 0 aliphatic carbocycles. The first-order valence-electron chi connectivity index (χ1n) is 13.9. The van der Waals surface area contributed by atoms with Gasteiger partial charge in [-0.3, -0.25) is 14.4 Å². The molecule has 1 fully saturated rings. The smallest absolute Gasteiger partial charge is 0.253 e. The fourth-order valence-electron chi connectivity index (χ4n) is 5.50. The molecule has 0 radical (unpaired) electrons. The largest absolute Gasteiger partial charge is 0.345 e. The Hall–Kier alpha value is -4.63. The summed E-state index contributed by atoms with van der Waals surface area (Å²) in [7, 11) is 6.80. The number of carbonyl (C=O) groups is 3. The number of nitriles is 1. The van der Waals surface area contributed by atoms with Gasteiger partial charge in [-0.15, -0.1) is 10.2 Å². The van der Waals surface area contributed by atoms with Crippen molar-refractivity contribution in [3.8, 4) is 6.07 Å². The predicted molar refractivity (Wildman–Crippen MR) is 155 cm³/mol. The first kappa shape index (κ1) is 30.3. The zero-order valence-electron chi connectivity index (χ0n) is 24.7. The first-order chi connectivity index (χ1) is 20.1. The van der Waals surface area contributed by atoms with Gasteiger partial charge in [0, 0.05) is 51.9 Å². The summed E-state index contributed by atoms with van der Waals surface area (Å²) in [5.41, 5.74) is 1.74. The Morgan fingerprint density at radius 2 is 1.57 bits per heavy atom. The van der Waals surface area contributed by atoms with Crippen molar-refractivity contribution >= 4 is 17.7 Å². The highest BCUT2D eigenvalue weighted by Gasteiger charge is 2.42. The number of nitrogens with one attached hydrogen (secondary N) is 2. The third kappa shape index (κ3) is 6.16. The molecule has 4 rings (SSSR count). The first-order valence-corrected chi connectivity index (χ1v) is 13.9. The van der Waals surface area contributed by atoms with E-state index in [4.69, 9.17) is 0 Å². The summed E-state index contributed by atoms with van der Waals surface area (Å²) < 4.78 is 0. The third-order valence-corrected chi connectivity index (χ3v) is 7.73. The van der Waals surface area contributed by atoms with Crippen LogP contribution in [0.15, 0.2) is 48.5 Å². The van der Waals surface area contributed by atoms with E-state index in [0.717, 1.165) is 17.5 Å². The van der Waals surface area contributed by atoms with Crippen molar-refractivity contribution < 1.29 is 14.4 Å². The van der Waals surface area contributed by atoms with E-state index in [1.807, 2.05) is 31.2 Å². The highest BCUT2D eigenvalue weighted by atomic mass is 16.2. The fraction of sp³-hybridized carbons (Fsp3) is 0.433. The summed E-state index contributed by atoms with van der Waals surface area (Å²) in [6.45, 7) is 2.63. The summed E-state index contributed by atoms with van der Waals surface area (Å²) in [5, 5.41) is 28.0. The second kappa shape index (κ2) is 12.9. The molecular weight excluding hydrogens is 534 g/mol. The molecule has 1 aliphatic rings. The lowest BCUT2D eigenvalue weighted by Gasteiger charge is -2.35. The molecule has 0 unspecified atom stereocenters. The van der Waals surface area contributed by atoms with Crippen molar-refractivity contribution in [2.45, 2.75) is 43.7 Å². The SMILES string of the molecule is C[C@@H](CC(c1ccc(C(=O)N(C)C)cc1)(c1ccc(C(=O)N(C)C)cc1)c1nn[nH]n1)NCC(=O)N1CCC[C@H]1C#N. The highest BCUT2D eigenvalue weighted by Crippen LogP contribution is 2.41. The second-order valence-corrected chi connectivity index (χ2v) is 11.1. The van der Waals surface area contributed by atoms with Crippen molar-refractivity contribution in [3.05, 3.63) is 76.6 Å². The van der Waals surface area contributed by atoms with Crippen LogP contribution in [0, 0.1) is 11.3 Å². The van der Waals surface area contributed by atoms with Gasteiger partial charge in [-0.1, -0.05) is 29.5 Å². The summed E-state index contributed by atoms with van der Waals surface area (Å²) in [5.74, 6) is 0.0490. The zero-order chi connectivity index (χ0) is 30.4.